The van der Waals surface area contributed by atoms with Gasteiger partial charge in [-0.3, -0.25) is 0 Å². The standard InChI is InChI=1S/C17H23F2NO2S/c1-12(20-23(21)16(2,3)4)13-7-5-8-14(11-13)17(18,19)15-9-6-10-22-15/h5,7-8,11,15H,6,9-10H2,1-4H3/t15?,23-/m1/s1. The molecule has 1 aromatic rings. The fourth-order valence-electron chi connectivity index (χ4n) is 2.32. The van der Waals surface area contributed by atoms with E-state index in [1.165, 1.54) is 12.1 Å². The van der Waals surface area contributed by atoms with Gasteiger partial charge in [-0.1, -0.05) is 22.6 Å². The van der Waals surface area contributed by atoms with Gasteiger partial charge in [0.1, 0.15) is 22.2 Å². The lowest BCUT2D eigenvalue weighted by Crippen LogP contribution is -2.30. The first kappa shape index (κ1) is 18.4. The highest BCUT2D eigenvalue weighted by Gasteiger charge is 2.44. The van der Waals surface area contributed by atoms with Crippen molar-refractivity contribution in [1.82, 2.24) is 0 Å². The first-order valence-corrected chi connectivity index (χ1v) is 8.80. The summed E-state index contributed by atoms with van der Waals surface area (Å²) >= 11 is -1.42. The Kier molecular flexibility index (Phi) is 5.48. The average molecular weight is 343 g/mol. The molecule has 1 unspecified atom stereocenters. The molecule has 1 heterocycles. The zero-order valence-corrected chi connectivity index (χ0v) is 14.8. The van der Waals surface area contributed by atoms with Crippen LogP contribution in [0.2, 0.25) is 0 Å². The number of nitrogens with zero attached hydrogens (tertiary/aromatic N) is 1. The van der Waals surface area contributed by atoms with Crippen LogP contribution in [0.3, 0.4) is 0 Å². The van der Waals surface area contributed by atoms with E-state index in [0.29, 0.717) is 30.7 Å². The van der Waals surface area contributed by atoms with Gasteiger partial charge in [0.05, 0.1) is 5.71 Å². The van der Waals surface area contributed by atoms with Crippen LogP contribution in [-0.4, -0.2) is 27.7 Å². The van der Waals surface area contributed by atoms with Crippen molar-refractivity contribution in [3.05, 3.63) is 35.4 Å². The molecule has 2 atom stereocenters. The normalized spacial score (nSPS) is 21.5. The van der Waals surface area contributed by atoms with Crippen molar-refractivity contribution in [1.29, 1.82) is 0 Å². The van der Waals surface area contributed by atoms with Crippen molar-refractivity contribution < 1.29 is 18.1 Å². The summed E-state index contributed by atoms with van der Waals surface area (Å²) in [4.78, 5) is 0. The smallest absolute Gasteiger partial charge is 0.298 e. The second-order valence-electron chi connectivity index (χ2n) is 6.74. The van der Waals surface area contributed by atoms with Gasteiger partial charge in [-0.15, -0.1) is 0 Å². The minimum atomic E-state index is -3.03. The molecule has 23 heavy (non-hydrogen) atoms. The number of halogens is 2. The molecule has 2 rings (SSSR count). The summed E-state index contributed by atoms with van der Waals surface area (Å²) in [5.74, 6) is -3.03. The Morgan fingerprint density at radius 3 is 2.61 bits per heavy atom. The Hall–Kier alpha value is -0.980. The van der Waals surface area contributed by atoms with Crippen LogP contribution in [-0.2, 0) is 22.0 Å². The van der Waals surface area contributed by atoms with E-state index in [1.807, 2.05) is 20.8 Å². The zero-order chi connectivity index (χ0) is 17.3. The van der Waals surface area contributed by atoms with Crippen molar-refractivity contribution in [3.8, 4) is 0 Å². The fraction of sp³-hybridized carbons (Fsp3) is 0.588. The van der Waals surface area contributed by atoms with E-state index in [4.69, 9.17) is 4.74 Å². The van der Waals surface area contributed by atoms with Gasteiger partial charge in [0.25, 0.3) is 5.92 Å². The van der Waals surface area contributed by atoms with Crippen LogP contribution in [0.5, 0.6) is 0 Å². The first-order valence-electron chi connectivity index (χ1n) is 7.70. The number of hydrogen-bond acceptors (Lipinski definition) is 3. The predicted octanol–water partition coefficient (Wildman–Crippen LogP) is 4.23. The summed E-state index contributed by atoms with van der Waals surface area (Å²) in [7, 11) is 0. The van der Waals surface area contributed by atoms with Gasteiger partial charge in [0.2, 0.25) is 0 Å². The third-order valence-electron chi connectivity index (χ3n) is 3.74. The summed E-state index contributed by atoms with van der Waals surface area (Å²) in [5, 5.41) is 0. The van der Waals surface area contributed by atoms with Crippen LogP contribution < -0.4 is 0 Å². The summed E-state index contributed by atoms with van der Waals surface area (Å²) in [5.41, 5.74) is 0.957. The number of hydrogen-bond donors (Lipinski definition) is 0. The van der Waals surface area contributed by atoms with Gasteiger partial charge in [-0.25, -0.2) is 0 Å². The zero-order valence-electron chi connectivity index (χ0n) is 13.9. The van der Waals surface area contributed by atoms with E-state index in [-0.39, 0.29) is 5.56 Å². The molecule has 0 aromatic heterocycles. The van der Waals surface area contributed by atoms with Crippen LogP contribution in [0.25, 0.3) is 0 Å². The molecule has 1 fully saturated rings. The van der Waals surface area contributed by atoms with Gasteiger partial charge < -0.3 is 9.29 Å². The van der Waals surface area contributed by atoms with Crippen molar-refractivity contribution in [2.24, 2.45) is 4.40 Å². The molecule has 0 N–H and O–H groups in total. The highest BCUT2D eigenvalue weighted by Crippen LogP contribution is 2.38. The molecule has 1 aromatic carbocycles. The summed E-state index contributed by atoms with van der Waals surface area (Å²) in [6.07, 6.45) is -0.0534. The van der Waals surface area contributed by atoms with Gasteiger partial charge in [0, 0.05) is 17.7 Å². The van der Waals surface area contributed by atoms with Crippen molar-refractivity contribution in [3.63, 3.8) is 0 Å². The van der Waals surface area contributed by atoms with Crippen LogP contribution >= 0.6 is 0 Å². The van der Waals surface area contributed by atoms with E-state index in [2.05, 4.69) is 4.40 Å². The molecular formula is C17H23F2NO2S. The van der Waals surface area contributed by atoms with Gasteiger partial charge in [-0.2, -0.15) is 8.78 Å². The highest BCUT2D eigenvalue weighted by molar-refractivity contribution is 7.91. The Morgan fingerprint density at radius 1 is 1.35 bits per heavy atom. The van der Waals surface area contributed by atoms with Gasteiger partial charge >= 0.3 is 0 Å². The molecule has 6 heteroatoms. The number of ether oxygens (including phenoxy) is 1. The fourth-order valence-corrected chi connectivity index (χ4v) is 2.94. The van der Waals surface area contributed by atoms with Crippen molar-refractivity contribution >= 4 is 17.1 Å². The maximum Gasteiger partial charge on any atom is 0.298 e. The van der Waals surface area contributed by atoms with Crippen molar-refractivity contribution in [2.45, 2.75) is 57.3 Å². The number of rotatable bonds is 4. The van der Waals surface area contributed by atoms with Crippen LogP contribution in [0.15, 0.2) is 28.7 Å². The monoisotopic (exact) mass is 343 g/mol. The quantitative estimate of drug-likeness (QED) is 0.607. The molecule has 1 aliphatic heterocycles. The highest BCUT2D eigenvalue weighted by atomic mass is 32.2. The molecule has 0 spiro atoms. The lowest BCUT2D eigenvalue weighted by atomic mass is 9.98. The molecule has 3 nitrogen and oxygen atoms in total. The second kappa shape index (κ2) is 6.87. The second-order valence-corrected chi connectivity index (χ2v) is 8.65. The Balaban J connectivity index is 2.27. The number of alkyl halides is 2. The minimum Gasteiger partial charge on any atom is -0.591 e. The summed E-state index contributed by atoms with van der Waals surface area (Å²) < 4.78 is 50.0. The van der Waals surface area contributed by atoms with E-state index in [0.717, 1.165) is 0 Å². The van der Waals surface area contributed by atoms with Crippen LogP contribution in [0.1, 0.15) is 51.7 Å². The molecule has 0 saturated carbocycles. The summed E-state index contributed by atoms with van der Waals surface area (Å²) in [6.45, 7) is 7.53. The van der Waals surface area contributed by atoms with Gasteiger partial charge in [0.15, 0.2) is 0 Å². The number of benzene rings is 1. The lowest BCUT2D eigenvalue weighted by Gasteiger charge is -2.23. The van der Waals surface area contributed by atoms with E-state index in [9.17, 15) is 13.3 Å². The van der Waals surface area contributed by atoms with E-state index >= 15 is 0 Å². The van der Waals surface area contributed by atoms with E-state index in [1.54, 1.807) is 19.1 Å². The average Bonchev–Trinajstić information content (AvgIpc) is 3.01. The Labute approximate surface area is 139 Å². The van der Waals surface area contributed by atoms with E-state index < -0.39 is 28.1 Å². The molecule has 0 amide bonds. The minimum absolute atomic E-state index is 0.0852. The largest absolute Gasteiger partial charge is 0.591 e. The van der Waals surface area contributed by atoms with Crippen LogP contribution in [0, 0.1) is 0 Å². The maximum atomic E-state index is 14.5. The molecule has 128 valence electrons. The molecule has 1 aliphatic rings. The molecule has 0 bridgehead atoms. The Morgan fingerprint density at radius 2 is 2.04 bits per heavy atom. The summed E-state index contributed by atoms with van der Waals surface area (Å²) in [6, 6.07) is 6.10. The predicted molar refractivity (Wildman–Crippen MR) is 89.4 cm³/mol. The third kappa shape index (κ3) is 4.31. The van der Waals surface area contributed by atoms with Gasteiger partial charge in [-0.05, 0) is 46.6 Å². The van der Waals surface area contributed by atoms with Crippen LogP contribution in [0.4, 0.5) is 8.78 Å². The van der Waals surface area contributed by atoms with Crippen molar-refractivity contribution in [2.75, 3.05) is 6.61 Å². The topological polar surface area (TPSA) is 44.7 Å². The molecule has 1 saturated heterocycles. The third-order valence-corrected chi connectivity index (χ3v) is 5.23. The SMILES string of the molecule is CC(=N[S@+]([O-])C(C)(C)C)c1cccc(C(F)(F)C2CCCO2)c1. The Bertz CT molecular complexity index is 578. The maximum absolute atomic E-state index is 14.5. The molecule has 0 radical (unpaired) electrons. The molecular weight excluding hydrogens is 320 g/mol. The molecule has 0 aliphatic carbocycles. The first-order chi connectivity index (χ1) is 10.6. The lowest BCUT2D eigenvalue weighted by molar-refractivity contribution is -0.122.